The van der Waals surface area contributed by atoms with Crippen LogP contribution in [0.5, 0.6) is 0 Å². The quantitative estimate of drug-likeness (QED) is 0.628. The minimum absolute atomic E-state index is 0.276. The monoisotopic (exact) mass is 209 g/mol. The van der Waals surface area contributed by atoms with Gasteiger partial charge in [-0.25, -0.2) is 0 Å². The topological polar surface area (TPSA) is 36.0 Å². The molecule has 2 N–H and O–H groups in total. The molecule has 0 aliphatic heterocycles. The zero-order chi connectivity index (χ0) is 10.9. The lowest BCUT2D eigenvalue weighted by atomic mass is 10.0. The van der Waals surface area contributed by atoms with Gasteiger partial charge in [0.05, 0.1) is 6.10 Å². The van der Waals surface area contributed by atoms with Crippen LogP contribution in [0, 0.1) is 0 Å². The van der Waals surface area contributed by atoms with Crippen LogP contribution in [-0.2, 0) is 0 Å². The molecule has 0 spiro atoms. The molecule has 1 aromatic heterocycles. The minimum atomic E-state index is -0.276. The molecule has 0 aromatic carbocycles. The number of aromatic nitrogens is 1. The maximum atomic E-state index is 9.79. The van der Waals surface area contributed by atoms with E-state index < -0.39 is 0 Å². The SMILES string of the molecule is CCCCCCCCC(O)c1cc[nH]c1. The number of aliphatic hydroxyl groups is 1. The number of unbranched alkanes of at least 4 members (excludes halogenated alkanes) is 5. The fourth-order valence-corrected chi connectivity index (χ4v) is 1.83. The van der Waals surface area contributed by atoms with E-state index in [0.29, 0.717) is 0 Å². The van der Waals surface area contributed by atoms with Crippen molar-refractivity contribution in [2.45, 2.75) is 58.0 Å². The van der Waals surface area contributed by atoms with Crippen LogP contribution in [0.3, 0.4) is 0 Å². The van der Waals surface area contributed by atoms with Gasteiger partial charge in [0.15, 0.2) is 0 Å². The lowest BCUT2D eigenvalue weighted by Crippen LogP contribution is -1.95. The van der Waals surface area contributed by atoms with Crippen molar-refractivity contribution in [2.75, 3.05) is 0 Å². The predicted molar refractivity (Wildman–Crippen MR) is 63.7 cm³/mol. The third-order valence-corrected chi connectivity index (χ3v) is 2.84. The third kappa shape index (κ3) is 5.03. The highest BCUT2D eigenvalue weighted by Gasteiger charge is 2.06. The molecule has 0 bridgehead atoms. The summed E-state index contributed by atoms with van der Waals surface area (Å²) in [5.74, 6) is 0. The summed E-state index contributed by atoms with van der Waals surface area (Å²) in [6.07, 6.45) is 12.0. The van der Waals surface area contributed by atoms with Crippen LogP contribution in [0.15, 0.2) is 18.5 Å². The summed E-state index contributed by atoms with van der Waals surface area (Å²) in [6, 6.07) is 1.95. The van der Waals surface area contributed by atoms with Crippen molar-refractivity contribution in [3.8, 4) is 0 Å². The van der Waals surface area contributed by atoms with Crippen LogP contribution in [0.1, 0.15) is 63.5 Å². The van der Waals surface area contributed by atoms with Gasteiger partial charge in [-0.15, -0.1) is 0 Å². The Balaban J connectivity index is 2.00. The van der Waals surface area contributed by atoms with Gasteiger partial charge in [-0.3, -0.25) is 0 Å². The first-order valence-corrected chi connectivity index (χ1v) is 6.15. The summed E-state index contributed by atoms with van der Waals surface area (Å²) < 4.78 is 0. The first kappa shape index (κ1) is 12.3. The molecule has 1 rings (SSSR count). The molecular formula is C13H23NO. The summed E-state index contributed by atoms with van der Waals surface area (Å²) in [6.45, 7) is 2.23. The van der Waals surface area contributed by atoms with Gasteiger partial charge >= 0.3 is 0 Å². The number of aliphatic hydroxyl groups excluding tert-OH is 1. The Morgan fingerprint density at radius 3 is 2.60 bits per heavy atom. The van der Waals surface area contributed by atoms with Gasteiger partial charge in [0, 0.05) is 12.4 Å². The number of hydrogen-bond donors (Lipinski definition) is 2. The normalized spacial score (nSPS) is 12.9. The Bertz CT molecular complexity index is 231. The molecule has 1 atom stereocenters. The van der Waals surface area contributed by atoms with E-state index in [1.165, 1.54) is 32.1 Å². The Labute approximate surface area is 92.7 Å². The molecule has 0 saturated carbocycles. The van der Waals surface area contributed by atoms with E-state index in [0.717, 1.165) is 18.4 Å². The highest BCUT2D eigenvalue weighted by molar-refractivity contribution is 5.11. The summed E-state index contributed by atoms with van der Waals surface area (Å²) >= 11 is 0. The molecule has 0 aliphatic carbocycles. The van der Waals surface area contributed by atoms with Gasteiger partial charge in [-0.05, 0) is 18.1 Å². The summed E-state index contributed by atoms with van der Waals surface area (Å²) in [4.78, 5) is 2.97. The molecule has 86 valence electrons. The smallest absolute Gasteiger partial charge is 0.0804 e. The van der Waals surface area contributed by atoms with E-state index in [1.807, 2.05) is 18.5 Å². The summed E-state index contributed by atoms with van der Waals surface area (Å²) in [7, 11) is 0. The average molecular weight is 209 g/mol. The molecule has 1 aromatic rings. The van der Waals surface area contributed by atoms with Crippen molar-refractivity contribution in [1.82, 2.24) is 4.98 Å². The van der Waals surface area contributed by atoms with E-state index in [1.54, 1.807) is 0 Å². The molecule has 1 unspecified atom stereocenters. The van der Waals surface area contributed by atoms with E-state index in [2.05, 4.69) is 11.9 Å². The van der Waals surface area contributed by atoms with E-state index >= 15 is 0 Å². The maximum Gasteiger partial charge on any atom is 0.0804 e. The van der Waals surface area contributed by atoms with Gasteiger partial charge in [0.1, 0.15) is 0 Å². The first-order chi connectivity index (χ1) is 7.34. The van der Waals surface area contributed by atoms with Crippen LogP contribution >= 0.6 is 0 Å². The number of rotatable bonds is 8. The lowest BCUT2D eigenvalue weighted by Gasteiger charge is -2.07. The highest BCUT2D eigenvalue weighted by atomic mass is 16.3. The fraction of sp³-hybridized carbons (Fsp3) is 0.692. The highest BCUT2D eigenvalue weighted by Crippen LogP contribution is 2.19. The standard InChI is InChI=1S/C13H23NO/c1-2-3-4-5-6-7-8-13(15)12-9-10-14-11-12/h9-11,13-15H,2-8H2,1H3. The van der Waals surface area contributed by atoms with Crippen molar-refractivity contribution in [3.05, 3.63) is 24.0 Å². The second-order valence-electron chi connectivity index (χ2n) is 4.22. The Hall–Kier alpha value is -0.760. The van der Waals surface area contributed by atoms with E-state index in [9.17, 15) is 5.11 Å². The molecule has 0 aliphatic rings. The van der Waals surface area contributed by atoms with E-state index in [4.69, 9.17) is 0 Å². The van der Waals surface area contributed by atoms with Crippen LogP contribution in [-0.4, -0.2) is 10.1 Å². The van der Waals surface area contributed by atoms with Crippen LogP contribution in [0.2, 0.25) is 0 Å². The fourth-order valence-electron chi connectivity index (χ4n) is 1.83. The molecule has 0 fully saturated rings. The van der Waals surface area contributed by atoms with Gasteiger partial charge in [0.2, 0.25) is 0 Å². The predicted octanol–water partition coefficient (Wildman–Crippen LogP) is 3.80. The molecule has 0 radical (unpaired) electrons. The number of nitrogens with one attached hydrogen (secondary N) is 1. The van der Waals surface area contributed by atoms with Gasteiger partial charge in [-0.1, -0.05) is 45.4 Å². The molecule has 0 amide bonds. The molecule has 1 heterocycles. The van der Waals surface area contributed by atoms with Crippen molar-refractivity contribution in [2.24, 2.45) is 0 Å². The Kier molecular flexibility index (Phi) is 6.17. The number of aromatic amines is 1. The summed E-state index contributed by atoms with van der Waals surface area (Å²) in [5.41, 5.74) is 1.02. The van der Waals surface area contributed by atoms with Crippen molar-refractivity contribution in [3.63, 3.8) is 0 Å². The molecule has 15 heavy (non-hydrogen) atoms. The second-order valence-corrected chi connectivity index (χ2v) is 4.22. The largest absolute Gasteiger partial charge is 0.388 e. The number of hydrogen-bond acceptors (Lipinski definition) is 1. The minimum Gasteiger partial charge on any atom is -0.388 e. The average Bonchev–Trinajstić information content (AvgIpc) is 2.76. The Morgan fingerprint density at radius 2 is 1.93 bits per heavy atom. The second kappa shape index (κ2) is 7.52. The number of H-pyrrole nitrogens is 1. The third-order valence-electron chi connectivity index (χ3n) is 2.84. The lowest BCUT2D eigenvalue weighted by molar-refractivity contribution is 0.163. The van der Waals surface area contributed by atoms with Crippen LogP contribution in [0.25, 0.3) is 0 Å². The Morgan fingerprint density at radius 1 is 1.20 bits per heavy atom. The molecular weight excluding hydrogens is 186 g/mol. The van der Waals surface area contributed by atoms with Crippen molar-refractivity contribution in [1.29, 1.82) is 0 Å². The zero-order valence-corrected chi connectivity index (χ0v) is 9.71. The molecule has 2 heteroatoms. The van der Waals surface area contributed by atoms with Gasteiger partial charge in [-0.2, -0.15) is 0 Å². The van der Waals surface area contributed by atoms with Crippen molar-refractivity contribution >= 4 is 0 Å². The summed E-state index contributed by atoms with van der Waals surface area (Å²) in [5, 5.41) is 9.79. The van der Waals surface area contributed by atoms with Gasteiger partial charge < -0.3 is 10.1 Å². The van der Waals surface area contributed by atoms with Crippen molar-refractivity contribution < 1.29 is 5.11 Å². The van der Waals surface area contributed by atoms with Crippen LogP contribution < -0.4 is 0 Å². The first-order valence-electron chi connectivity index (χ1n) is 6.15. The molecule has 0 saturated heterocycles. The van der Waals surface area contributed by atoms with Crippen LogP contribution in [0.4, 0.5) is 0 Å². The maximum absolute atomic E-state index is 9.79. The van der Waals surface area contributed by atoms with E-state index in [-0.39, 0.29) is 6.10 Å². The molecule has 2 nitrogen and oxygen atoms in total. The van der Waals surface area contributed by atoms with Gasteiger partial charge in [0.25, 0.3) is 0 Å². The zero-order valence-electron chi connectivity index (χ0n) is 9.71.